The van der Waals surface area contributed by atoms with Crippen LogP contribution in [0.15, 0.2) is 0 Å². The van der Waals surface area contributed by atoms with Crippen molar-refractivity contribution in [2.24, 2.45) is 5.92 Å². The quantitative estimate of drug-likeness (QED) is 0.728. The number of ether oxygens (including phenoxy) is 1. The minimum atomic E-state index is -0.322. The molecule has 2 rings (SSSR count). The monoisotopic (exact) mass is 268 g/mol. The van der Waals surface area contributed by atoms with Crippen LogP contribution in [0.1, 0.15) is 39.5 Å². The van der Waals surface area contributed by atoms with Gasteiger partial charge in [0.05, 0.1) is 18.6 Å². The van der Waals surface area contributed by atoms with Crippen LogP contribution in [-0.4, -0.2) is 48.6 Å². The highest BCUT2D eigenvalue weighted by atomic mass is 16.5. The van der Waals surface area contributed by atoms with Crippen LogP contribution in [0, 0.1) is 5.92 Å². The molecule has 0 saturated carbocycles. The Morgan fingerprint density at radius 2 is 2.16 bits per heavy atom. The van der Waals surface area contributed by atoms with Crippen LogP contribution in [0.25, 0.3) is 0 Å². The number of amides is 2. The zero-order valence-electron chi connectivity index (χ0n) is 11.9. The van der Waals surface area contributed by atoms with E-state index < -0.39 is 0 Å². The first-order chi connectivity index (χ1) is 9.17. The predicted octanol–water partition coefficient (Wildman–Crippen LogP) is 0.929. The van der Waals surface area contributed by atoms with Gasteiger partial charge in [-0.25, -0.2) is 0 Å². The van der Waals surface area contributed by atoms with Gasteiger partial charge < -0.3 is 10.1 Å². The van der Waals surface area contributed by atoms with Crippen LogP contribution in [0.5, 0.6) is 0 Å². The molecule has 0 aromatic rings. The summed E-state index contributed by atoms with van der Waals surface area (Å²) in [6.07, 6.45) is 3.47. The third-order valence-electron chi connectivity index (χ3n) is 4.07. The lowest BCUT2D eigenvalue weighted by Crippen LogP contribution is -2.41. The van der Waals surface area contributed by atoms with Gasteiger partial charge in [0.2, 0.25) is 11.8 Å². The number of nitrogens with one attached hydrogen (secondary N) is 1. The molecule has 0 aromatic carbocycles. The van der Waals surface area contributed by atoms with Crippen molar-refractivity contribution in [1.82, 2.24) is 10.2 Å². The fourth-order valence-electron chi connectivity index (χ4n) is 2.97. The molecule has 5 nitrogen and oxygen atoms in total. The number of imide groups is 1. The molecular weight excluding hydrogens is 244 g/mol. The maximum Gasteiger partial charge on any atom is 0.246 e. The van der Waals surface area contributed by atoms with Crippen LogP contribution >= 0.6 is 0 Å². The van der Waals surface area contributed by atoms with E-state index in [2.05, 4.69) is 12.2 Å². The van der Waals surface area contributed by atoms with E-state index in [4.69, 9.17) is 4.74 Å². The van der Waals surface area contributed by atoms with Gasteiger partial charge in [0.25, 0.3) is 0 Å². The number of hydrogen-bond acceptors (Lipinski definition) is 4. The highest BCUT2D eigenvalue weighted by Crippen LogP contribution is 2.23. The molecular formula is C14H24N2O3. The summed E-state index contributed by atoms with van der Waals surface area (Å²) in [6, 6.07) is -0.322. The van der Waals surface area contributed by atoms with E-state index in [9.17, 15) is 9.59 Å². The Bertz CT molecular complexity index is 346. The molecule has 2 heterocycles. The second kappa shape index (κ2) is 6.48. The molecule has 2 aliphatic rings. The minimum Gasteiger partial charge on any atom is -0.378 e. The molecule has 2 fully saturated rings. The topological polar surface area (TPSA) is 58.6 Å². The van der Waals surface area contributed by atoms with E-state index in [-0.39, 0.29) is 17.9 Å². The lowest BCUT2D eigenvalue weighted by Gasteiger charge is -2.19. The van der Waals surface area contributed by atoms with Crippen molar-refractivity contribution in [3.05, 3.63) is 0 Å². The molecule has 0 aromatic heterocycles. The number of hydrogen-bond donors (Lipinski definition) is 1. The average Bonchev–Trinajstić information content (AvgIpc) is 2.96. The largest absolute Gasteiger partial charge is 0.378 e. The summed E-state index contributed by atoms with van der Waals surface area (Å²) < 4.78 is 5.64. The Morgan fingerprint density at radius 1 is 1.37 bits per heavy atom. The second-order valence-corrected chi connectivity index (χ2v) is 5.41. The molecule has 1 N–H and O–H groups in total. The molecule has 5 heteroatoms. The fraction of sp³-hybridized carbons (Fsp3) is 0.857. The molecule has 2 aliphatic heterocycles. The van der Waals surface area contributed by atoms with E-state index in [0.717, 1.165) is 32.4 Å². The number of carbonyl (C=O) groups excluding carboxylic acids is 2. The summed E-state index contributed by atoms with van der Waals surface area (Å²) in [6.45, 7) is 6.21. The zero-order valence-corrected chi connectivity index (χ0v) is 11.9. The first kappa shape index (κ1) is 14.5. The molecule has 0 spiro atoms. The van der Waals surface area contributed by atoms with E-state index in [1.165, 1.54) is 4.90 Å². The highest BCUT2D eigenvalue weighted by molar-refractivity contribution is 6.05. The Kier molecular flexibility index (Phi) is 4.93. The minimum absolute atomic E-state index is 0.0425. The number of nitrogens with zero attached hydrogens (tertiary/aromatic N) is 1. The Labute approximate surface area is 114 Å². The van der Waals surface area contributed by atoms with Gasteiger partial charge in [0, 0.05) is 19.7 Å². The fourth-order valence-corrected chi connectivity index (χ4v) is 2.97. The molecule has 0 bridgehead atoms. The Balaban J connectivity index is 1.83. The molecule has 19 heavy (non-hydrogen) atoms. The number of rotatable bonds is 6. The lowest BCUT2D eigenvalue weighted by molar-refractivity contribution is -0.138. The van der Waals surface area contributed by atoms with Crippen LogP contribution in [0.3, 0.4) is 0 Å². The van der Waals surface area contributed by atoms with Gasteiger partial charge in [0.15, 0.2) is 0 Å². The number of likely N-dealkylation sites (tertiary alicyclic amines) is 1. The standard InChI is InChI=1S/C14H24N2O3/c1-3-6-16-13(17)8-11(14(16)18)15-9-10-5-7-19-12(10)4-2/h10-12,15H,3-9H2,1-2H3. The van der Waals surface area contributed by atoms with Gasteiger partial charge in [-0.1, -0.05) is 13.8 Å². The van der Waals surface area contributed by atoms with Crippen molar-refractivity contribution in [2.75, 3.05) is 19.7 Å². The average molecular weight is 268 g/mol. The van der Waals surface area contributed by atoms with Gasteiger partial charge in [0.1, 0.15) is 0 Å². The smallest absolute Gasteiger partial charge is 0.246 e. The van der Waals surface area contributed by atoms with E-state index in [1.807, 2.05) is 6.92 Å². The lowest BCUT2D eigenvalue weighted by atomic mass is 9.99. The third-order valence-corrected chi connectivity index (χ3v) is 4.07. The molecule has 2 amide bonds. The first-order valence-corrected chi connectivity index (χ1v) is 7.36. The van der Waals surface area contributed by atoms with Gasteiger partial charge in [-0.3, -0.25) is 14.5 Å². The third kappa shape index (κ3) is 3.15. The summed E-state index contributed by atoms with van der Waals surface area (Å²) in [5.41, 5.74) is 0. The van der Waals surface area contributed by atoms with Crippen molar-refractivity contribution in [3.8, 4) is 0 Å². The van der Waals surface area contributed by atoms with Crippen LogP contribution in [0.4, 0.5) is 0 Å². The molecule has 0 radical (unpaired) electrons. The maximum absolute atomic E-state index is 12.1. The summed E-state index contributed by atoms with van der Waals surface area (Å²) in [7, 11) is 0. The van der Waals surface area contributed by atoms with Gasteiger partial charge >= 0.3 is 0 Å². The van der Waals surface area contributed by atoms with Gasteiger partial charge in [-0.2, -0.15) is 0 Å². The normalized spacial score (nSPS) is 31.5. The van der Waals surface area contributed by atoms with E-state index >= 15 is 0 Å². The number of carbonyl (C=O) groups is 2. The molecule has 0 aliphatic carbocycles. The SMILES string of the molecule is CCCN1C(=O)CC(NCC2CCOC2CC)C1=O. The first-order valence-electron chi connectivity index (χ1n) is 7.36. The highest BCUT2D eigenvalue weighted by Gasteiger charge is 2.38. The van der Waals surface area contributed by atoms with Gasteiger partial charge in [-0.15, -0.1) is 0 Å². The van der Waals surface area contributed by atoms with E-state index in [1.54, 1.807) is 0 Å². The van der Waals surface area contributed by atoms with Crippen molar-refractivity contribution < 1.29 is 14.3 Å². The summed E-state index contributed by atoms with van der Waals surface area (Å²) in [5, 5.41) is 3.26. The Morgan fingerprint density at radius 3 is 2.84 bits per heavy atom. The van der Waals surface area contributed by atoms with Crippen LogP contribution in [-0.2, 0) is 14.3 Å². The molecule has 3 atom stereocenters. The summed E-state index contributed by atoms with van der Waals surface area (Å²) in [5.74, 6) is 0.367. The molecule has 108 valence electrons. The van der Waals surface area contributed by atoms with Crippen molar-refractivity contribution in [2.45, 2.75) is 51.7 Å². The van der Waals surface area contributed by atoms with Crippen molar-refractivity contribution >= 4 is 11.8 Å². The van der Waals surface area contributed by atoms with Gasteiger partial charge in [-0.05, 0) is 25.2 Å². The van der Waals surface area contributed by atoms with E-state index in [0.29, 0.717) is 25.0 Å². The summed E-state index contributed by atoms with van der Waals surface area (Å²) in [4.78, 5) is 25.2. The summed E-state index contributed by atoms with van der Waals surface area (Å²) >= 11 is 0. The second-order valence-electron chi connectivity index (χ2n) is 5.41. The molecule has 2 saturated heterocycles. The predicted molar refractivity (Wildman–Crippen MR) is 71.6 cm³/mol. The molecule has 3 unspecified atom stereocenters. The Hall–Kier alpha value is -0.940. The zero-order chi connectivity index (χ0) is 13.8. The van der Waals surface area contributed by atoms with Crippen molar-refractivity contribution in [3.63, 3.8) is 0 Å². The maximum atomic E-state index is 12.1. The van der Waals surface area contributed by atoms with Crippen LogP contribution < -0.4 is 5.32 Å². The van der Waals surface area contributed by atoms with Crippen LogP contribution in [0.2, 0.25) is 0 Å². The van der Waals surface area contributed by atoms with Crippen molar-refractivity contribution in [1.29, 1.82) is 0 Å².